The molecule has 1 atom stereocenters. The predicted octanol–water partition coefficient (Wildman–Crippen LogP) is 3.60. The van der Waals surface area contributed by atoms with Crippen LogP contribution >= 0.6 is 0 Å². The summed E-state index contributed by atoms with van der Waals surface area (Å²) >= 11 is 0. The largest absolute Gasteiger partial charge is 0.457 e. The van der Waals surface area contributed by atoms with Gasteiger partial charge in [-0.2, -0.15) is 5.26 Å². The second-order valence-corrected chi connectivity index (χ2v) is 11.3. The highest BCUT2D eigenvalue weighted by atomic mass is 28.4. The minimum absolute atomic E-state index is 0.504. The quantitative estimate of drug-likeness (QED) is 0.630. The first kappa shape index (κ1) is 17.4. The first-order valence-corrected chi connectivity index (χ1v) is 10.3. The zero-order valence-electron chi connectivity index (χ0n) is 13.6. The van der Waals surface area contributed by atoms with Gasteiger partial charge in [0.15, 0.2) is 8.32 Å². The summed E-state index contributed by atoms with van der Waals surface area (Å²) in [6.07, 6.45) is 0. The number of nitriles is 1. The Kier molecular flexibility index (Phi) is 4.97. The van der Waals surface area contributed by atoms with Crippen molar-refractivity contribution in [1.82, 2.24) is 0 Å². The molecule has 0 aliphatic carbocycles. The first-order valence-electron chi connectivity index (χ1n) is 6.90. The molecular formula is C16H23NO3Si. The zero-order valence-corrected chi connectivity index (χ0v) is 14.6. The fraction of sp³-hybridized carbons (Fsp3) is 0.500. The third-order valence-corrected chi connectivity index (χ3v) is 3.40. The molecule has 0 saturated heterocycles. The van der Waals surface area contributed by atoms with Gasteiger partial charge in [0, 0.05) is 5.56 Å². The van der Waals surface area contributed by atoms with Crippen LogP contribution in [0.5, 0.6) is 0 Å². The molecule has 114 valence electrons. The minimum Gasteiger partial charge on any atom is -0.457 e. The van der Waals surface area contributed by atoms with Crippen LogP contribution < -0.4 is 0 Å². The first-order chi connectivity index (χ1) is 9.50. The van der Waals surface area contributed by atoms with Crippen molar-refractivity contribution in [2.24, 2.45) is 0 Å². The fourth-order valence-electron chi connectivity index (χ4n) is 1.83. The van der Waals surface area contributed by atoms with Gasteiger partial charge in [0.25, 0.3) is 5.60 Å². The van der Waals surface area contributed by atoms with Crippen molar-refractivity contribution < 1.29 is 14.0 Å². The predicted molar refractivity (Wildman–Crippen MR) is 84.0 cm³/mol. The third kappa shape index (κ3) is 4.69. The van der Waals surface area contributed by atoms with E-state index in [-0.39, 0.29) is 0 Å². The molecule has 0 aliphatic heterocycles. The van der Waals surface area contributed by atoms with Gasteiger partial charge in [-0.05, 0) is 40.4 Å². The maximum Gasteiger partial charge on any atom is 0.357 e. The number of ether oxygens (including phenoxy) is 1. The number of carbonyl (C=O) groups is 1. The highest BCUT2D eigenvalue weighted by molar-refractivity contribution is 6.70. The highest BCUT2D eigenvalue weighted by Gasteiger charge is 2.48. The molecule has 0 radical (unpaired) electrons. The van der Waals surface area contributed by atoms with Crippen LogP contribution in [-0.2, 0) is 19.6 Å². The highest BCUT2D eigenvalue weighted by Crippen LogP contribution is 2.32. The lowest BCUT2D eigenvalue weighted by Gasteiger charge is -2.34. The summed E-state index contributed by atoms with van der Waals surface area (Å²) in [6.45, 7) is 11.1. The molecule has 1 aromatic carbocycles. The van der Waals surface area contributed by atoms with E-state index in [0.717, 1.165) is 0 Å². The summed E-state index contributed by atoms with van der Waals surface area (Å²) in [5.41, 5.74) is -1.89. The van der Waals surface area contributed by atoms with Crippen LogP contribution in [0.1, 0.15) is 26.3 Å². The van der Waals surface area contributed by atoms with Gasteiger partial charge in [-0.15, -0.1) is 0 Å². The average molecular weight is 305 g/mol. The Balaban J connectivity index is 3.35. The standard InChI is InChI=1S/C16H23NO3Si/c1-15(2,3)19-14(18)16(12-17,20-21(4,5)6)13-10-8-7-9-11-13/h7-11H,1-6H3/t16-/m0/s1. The molecule has 4 nitrogen and oxygen atoms in total. The Morgan fingerprint density at radius 2 is 1.67 bits per heavy atom. The summed E-state index contributed by atoms with van der Waals surface area (Å²) < 4.78 is 11.4. The summed E-state index contributed by atoms with van der Waals surface area (Å²) in [5.74, 6) is -0.661. The SMILES string of the molecule is CC(C)(C)OC(=O)[C@@](C#N)(O[Si](C)(C)C)c1ccccc1. The van der Waals surface area contributed by atoms with Gasteiger partial charge >= 0.3 is 5.97 Å². The Morgan fingerprint density at radius 3 is 2.05 bits per heavy atom. The summed E-state index contributed by atoms with van der Waals surface area (Å²) in [5, 5.41) is 9.71. The van der Waals surface area contributed by atoms with Crippen molar-refractivity contribution in [2.45, 2.75) is 51.6 Å². The Hall–Kier alpha value is -1.64. The number of carbonyl (C=O) groups excluding carboxylic acids is 1. The van der Waals surface area contributed by atoms with Crippen LogP contribution in [0.2, 0.25) is 19.6 Å². The lowest BCUT2D eigenvalue weighted by Crippen LogP contribution is -2.48. The number of rotatable bonds is 4. The molecule has 0 saturated carbocycles. The van der Waals surface area contributed by atoms with Crippen LogP contribution in [0, 0.1) is 11.3 Å². The maximum atomic E-state index is 12.6. The number of hydrogen-bond acceptors (Lipinski definition) is 4. The minimum atomic E-state index is -2.16. The van der Waals surface area contributed by atoms with Crippen molar-refractivity contribution in [2.75, 3.05) is 0 Å². The van der Waals surface area contributed by atoms with Gasteiger partial charge in [-0.1, -0.05) is 30.3 Å². The van der Waals surface area contributed by atoms with Gasteiger partial charge in [0.05, 0.1) is 0 Å². The number of esters is 1. The van der Waals surface area contributed by atoms with E-state index in [0.29, 0.717) is 5.56 Å². The molecule has 0 unspecified atom stereocenters. The molecular weight excluding hydrogens is 282 g/mol. The third-order valence-electron chi connectivity index (χ3n) is 2.48. The Bertz CT molecular complexity index is 537. The monoisotopic (exact) mass is 305 g/mol. The van der Waals surface area contributed by atoms with Crippen LogP contribution in [0.3, 0.4) is 0 Å². The van der Waals surface area contributed by atoms with E-state index in [1.165, 1.54) is 0 Å². The zero-order chi connectivity index (χ0) is 16.3. The van der Waals surface area contributed by atoms with Crippen molar-refractivity contribution in [3.05, 3.63) is 35.9 Å². The lowest BCUT2D eigenvalue weighted by atomic mass is 9.95. The molecule has 0 heterocycles. The second kappa shape index (κ2) is 6.00. The Morgan fingerprint density at radius 1 is 1.14 bits per heavy atom. The molecule has 5 heteroatoms. The van der Waals surface area contributed by atoms with E-state index in [9.17, 15) is 10.1 Å². The molecule has 0 spiro atoms. The second-order valence-electron chi connectivity index (χ2n) is 6.88. The molecule has 0 aliphatic rings. The smallest absolute Gasteiger partial charge is 0.357 e. The molecule has 0 N–H and O–H groups in total. The molecule has 1 aromatic rings. The molecule has 1 rings (SSSR count). The maximum absolute atomic E-state index is 12.6. The van der Waals surface area contributed by atoms with Crippen molar-refractivity contribution >= 4 is 14.3 Å². The van der Waals surface area contributed by atoms with E-state index in [4.69, 9.17) is 9.16 Å². The summed E-state index contributed by atoms with van der Waals surface area (Å²) in [6, 6.07) is 10.9. The van der Waals surface area contributed by atoms with Gasteiger partial charge in [-0.3, -0.25) is 0 Å². The van der Waals surface area contributed by atoms with Gasteiger partial charge in [-0.25, -0.2) is 4.79 Å². The number of benzene rings is 1. The Labute approximate surface area is 127 Å². The molecule has 0 fully saturated rings. The lowest BCUT2D eigenvalue weighted by molar-refractivity contribution is -0.170. The van der Waals surface area contributed by atoms with Gasteiger partial charge < -0.3 is 9.16 Å². The van der Waals surface area contributed by atoms with Gasteiger partial charge in [0.2, 0.25) is 0 Å². The molecule has 0 aromatic heterocycles. The van der Waals surface area contributed by atoms with Crippen molar-refractivity contribution in [3.8, 4) is 6.07 Å². The average Bonchev–Trinajstić information content (AvgIpc) is 2.33. The van der Waals surface area contributed by atoms with Crippen molar-refractivity contribution in [3.63, 3.8) is 0 Å². The number of nitrogens with zero attached hydrogens (tertiary/aromatic N) is 1. The van der Waals surface area contributed by atoms with Crippen LogP contribution in [0.4, 0.5) is 0 Å². The summed E-state index contributed by atoms with van der Waals surface area (Å²) in [7, 11) is -2.16. The molecule has 0 amide bonds. The molecule has 0 bridgehead atoms. The summed E-state index contributed by atoms with van der Waals surface area (Å²) in [4.78, 5) is 12.6. The van der Waals surface area contributed by atoms with E-state index in [2.05, 4.69) is 0 Å². The van der Waals surface area contributed by atoms with E-state index < -0.39 is 25.5 Å². The van der Waals surface area contributed by atoms with Gasteiger partial charge in [0.1, 0.15) is 11.7 Å². The van der Waals surface area contributed by atoms with E-state index in [1.54, 1.807) is 45.0 Å². The molecule has 21 heavy (non-hydrogen) atoms. The van der Waals surface area contributed by atoms with Crippen LogP contribution in [0.25, 0.3) is 0 Å². The van der Waals surface area contributed by atoms with Crippen LogP contribution in [-0.4, -0.2) is 19.9 Å². The van der Waals surface area contributed by atoms with E-state index in [1.807, 2.05) is 31.8 Å². The van der Waals surface area contributed by atoms with E-state index >= 15 is 0 Å². The van der Waals surface area contributed by atoms with Crippen molar-refractivity contribution in [1.29, 1.82) is 5.26 Å². The normalized spacial score (nSPS) is 14.9. The number of hydrogen-bond donors (Lipinski definition) is 0. The van der Waals surface area contributed by atoms with Crippen LogP contribution in [0.15, 0.2) is 30.3 Å². The topological polar surface area (TPSA) is 59.3 Å². The fourth-order valence-corrected chi connectivity index (χ4v) is 3.00.